The van der Waals surface area contributed by atoms with Crippen molar-refractivity contribution in [2.75, 3.05) is 13.1 Å². The number of rotatable bonds is 6. The van der Waals surface area contributed by atoms with E-state index in [2.05, 4.69) is 42.2 Å². The number of benzene rings is 2. The van der Waals surface area contributed by atoms with Crippen LogP contribution in [0.2, 0.25) is 0 Å². The van der Waals surface area contributed by atoms with Crippen LogP contribution in [0.15, 0.2) is 54.6 Å². The summed E-state index contributed by atoms with van der Waals surface area (Å²) in [7, 11) is 0. The van der Waals surface area contributed by atoms with E-state index in [1.807, 2.05) is 20.8 Å². The average Bonchev–Trinajstić information content (AvgIpc) is 2.72. The van der Waals surface area contributed by atoms with Crippen molar-refractivity contribution in [2.24, 2.45) is 0 Å². The molecule has 1 aliphatic heterocycles. The topological polar surface area (TPSA) is 29.5 Å². The van der Waals surface area contributed by atoms with Gasteiger partial charge >= 0.3 is 5.97 Å². The first kappa shape index (κ1) is 22.5. The van der Waals surface area contributed by atoms with Crippen molar-refractivity contribution in [3.05, 3.63) is 71.5 Å². The van der Waals surface area contributed by atoms with Crippen molar-refractivity contribution in [3.63, 3.8) is 0 Å². The molecule has 0 bridgehead atoms. The van der Waals surface area contributed by atoms with Gasteiger partial charge in [-0.05, 0) is 89.2 Å². The normalized spacial score (nSPS) is 18.0. The molecule has 0 aromatic heterocycles. The molecule has 1 saturated heterocycles. The molecule has 3 rings (SSSR count). The van der Waals surface area contributed by atoms with E-state index in [1.54, 1.807) is 12.1 Å². The lowest BCUT2D eigenvalue weighted by atomic mass is 9.87. The second-order valence-electron chi connectivity index (χ2n) is 9.44. The van der Waals surface area contributed by atoms with Crippen LogP contribution >= 0.6 is 0 Å². The Morgan fingerprint density at radius 2 is 1.67 bits per heavy atom. The number of hydrogen-bond acceptors (Lipinski definition) is 3. The van der Waals surface area contributed by atoms with Crippen LogP contribution in [0.3, 0.4) is 0 Å². The number of ether oxygens (including phenoxy) is 1. The van der Waals surface area contributed by atoms with E-state index in [0.29, 0.717) is 12.3 Å². The summed E-state index contributed by atoms with van der Waals surface area (Å²) >= 11 is 0. The van der Waals surface area contributed by atoms with Gasteiger partial charge in [-0.1, -0.05) is 42.5 Å². The molecule has 2 atom stereocenters. The Balaban J connectivity index is 1.66. The molecule has 3 nitrogen and oxygen atoms in total. The number of carbonyl (C=O) groups excluding carboxylic acids is 1. The molecule has 0 amide bonds. The highest BCUT2D eigenvalue weighted by atomic mass is 19.1. The maximum Gasteiger partial charge on any atom is 0.313 e. The minimum Gasteiger partial charge on any atom is -0.459 e. The van der Waals surface area contributed by atoms with E-state index in [1.165, 1.54) is 17.7 Å². The van der Waals surface area contributed by atoms with Gasteiger partial charge in [0.1, 0.15) is 11.4 Å². The van der Waals surface area contributed by atoms with Crippen LogP contribution in [-0.4, -0.2) is 35.6 Å². The van der Waals surface area contributed by atoms with Gasteiger partial charge in [0.25, 0.3) is 0 Å². The van der Waals surface area contributed by atoms with Crippen molar-refractivity contribution in [1.82, 2.24) is 4.90 Å². The molecule has 0 spiro atoms. The van der Waals surface area contributed by atoms with Crippen LogP contribution < -0.4 is 0 Å². The Morgan fingerprint density at radius 1 is 1.07 bits per heavy atom. The number of esters is 1. The lowest BCUT2D eigenvalue weighted by Crippen LogP contribution is -2.41. The Bertz CT molecular complexity index is 805. The predicted molar refractivity (Wildman–Crippen MR) is 119 cm³/mol. The minimum absolute atomic E-state index is 0.236. The van der Waals surface area contributed by atoms with Crippen molar-refractivity contribution in [1.29, 1.82) is 0 Å². The number of nitrogens with zero attached hydrogens (tertiary/aromatic N) is 1. The van der Waals surface area contributed by atoms with Gasteiger partial charge in [0.15, 0.2) is 0 Å². The summed E-state index contributed by atoms with van der Waals surface area (Å²) in [5, 5.41) is 0. The molecule has 2 aromatic carbocycles. The van der Waals surface area contributed by atoms with E-state index in [9.17, 15) is 9.18 Å². The highest BCUT2D eigenvalue weighted by Crippen LogP contribution is 2.32. The van der Waals surface area contributed by atoms with Crippen LogP contribution in [0.4, 0.5) is 4.39 Å². The van der Waals surface area contributed by atoms with E-state index in [0.717, 1.165) is 31.5 Å². The first-order valence-electron chi connectivity index (χ1n) is 11.0. The molecule has 30 heavy (non-hydrogen) atoms. The molecule has 1 fully saturated rings. The van der Waals surface area contributed by atoms with Gasteiger partial charge in [-0.15, -0.1) is 0 Å². The third kappa shape index (κ3) is 6.15. The quantitative estimate of drug-likeness (QED) is 0.554. The highest BCUT2D eigenvalue weighted by Gasteiger charge is 2.31. The molecule has 2 unspecified atom stereocenters. The third-order valence-electron chi connectivity index (χ3n) is 5.96. The predicted octanol–water partition coefficient (Wildman–Crippen LogP) is 5.91. The summed E-state index contributed by atoms with van der Waals surface area (Å²) in [6, 6.07) is 17.2. The fourth-order valence-electron chi connectivity index (χ4n) is 4.33. The first-order chi connectivity index (χ1) is 14.2. The van der Waals surface area contributed by atoms with Gasteiger partial charge in [0, 0.05) is 6.04 Å². The zero-order valence-electron chi connectivity index (χ0n) is 18.6. The Labute approximate surface area is 180 Å². The molecule has 0 aliphatic carbocycles. The SMILES string of the molecule is CC(CC(C(=O)OC(C)(C)C)c1ccc(F)cc1)N1CCC(c2ccccc2)CC1. The first-order valence-corrected chi connectivity index (χ1v) is 11.0. The van der Waals surface area contributed by atoms with Gasteiger partial charge in [-0.2, -0.15) is 0 Å². The lowest BCUT2D eigenvalue weighted by molar-refractivity contribution is -0.157. The number of likely N-dealkylation sites (tertiary alicyclic amines) is 1. The molecule has 1 heterocycles. The Kier molecular flexibility index (Phi) is 7.30. The second-order valence-corrected chi connectivity index (χ2v) is 9.44. The fraction of sp³-hybridized carbons (Fsp3) is 0.500. The van der Waals surface area contributed by atoms with Crippen molar-refractivity contribution in [3.8, 4) is 0 Å². The summed E-state index contributed by atoms with van der Waals surface area (Å²) in [5.41, 5.74) is 1.69. The lowest BCUT2D eigenvalue weighted by Gasteiger charge is -2.37. The molecule has 0 saturated carbocycles. The van der Waals surface area contributed by atoms with Gasteiger partial charge in [0.2, 0.25) is 0 Å². The summed E-state index contributed by atoms with van der Waals surface area (Å²) < 4.78 is 19.1. The summed E-state index contributed by atoms with van der Waals surface area (Å²) in [4.78, 5) is 15.4. The number of hydrogen-bond donors (Lipinski definition) is 0. The second kappa shape index (κ2) is 9.74. The standard InChI is InChI=1S/C26H34FNO2/c1-19(28-16-14-21(15-17-28)20-8-6-5-7-9-20)18-24(25(29)30-26(2,3)4)22-10-12-23(27)13-11-22/h5-13,19,21,24H,14-18H2,1-4H3. The minimum atomic E-state index is -0.549. The van der Waals surface area contributed by atoms with E-state index in [-0.39, 0.29) is 17.8 Å². The van der Waals surface area contributed by atoms with Crippen LogP contribution in [0.5, 0.6) is 0 Å². The van der Waals surface area contributed by atoms with Gasteiger partial charge in [-0.25, -0.2) is 4.39 Å². The molecular weight excluding hydrogens is 377 g/mol. The molecular formula is C26H34FNO2. The maximum absolute atomic E-state index is 13.4. The van der Waals surface area contributed by atoms with Crippen LogP contribution in [-0.2, 0) is 9.53 Å². The van der Waals surface area contributed by atoms with Crippen LogP contribution in [0, 0.1) is 5.82 Å². The zero-order valence-corrected chi connectivity index (χ0v) is 18.6. The Hall–Kier alpha value is -2.20. The number of halogens is 1. The van der Waals surface area contributed by atoms with E-state index >= 15 is 0 Å². The van der Waals surface area contributed by atoms with Crippen LogP contribution in [0.25, 0.3) is 0 Å². The monoisotopic (exact) mass is 411 g/mol. The van der Waals surface area contributed by atoms with Crippen molar-refractivity contribution < 1.29 is 13.9 Å². The van der Waals surface area contributed by atoms with Crippen molar-refractivity contribution >= 4 is 5.97 Å². The summed E-state index contributed by atoms with van der Waals surface area (Å²) in [6.45, 7) is 9.86. The van der Waals surface area contributed by atoms with E-state index < -0.39 is 11.5 Å². The summed E-state index contributed by atoms with van der Waals surface area (Å²) in [6.07, 6.45) is 2.92. The molecule has 4 heteroatoms. The maximum atomic E-state index is 13.4. The molecule has 162 valence electrons. The number of piperidine rings is 1. The fourth-order valence-corrected chi connectivity index (χ4v) is 4.33. The zero-order chi connectivity index (χ0) is 21.7. The average molecular weight is 412 g/mol. The van der Waals surface area contributed by atoms with Crippen molar-refractivity contribution in [2.45, 2.75) is 70.4 Å². The van der Waals surface area contributed by atoms with Gasteiger partial charge in [-0.3, -0.25) is 4.79 Å². The number of carbonyl (C=O) groups is 1. The highest BCUT2D eigenvalue weighted by molar-refractivity contribution is 5.78. The Morgan fingerprint density at radius 3 is 2.23 bits per heavy atom. The van der Waals surface area contributed by atoms with Crippen LogP contribution in [0.1, 0.15) is 69.9 Å². The molecule has 1 aliphatic rings. The molecule has 2 aromatic rings. The third-order valence-corrected chi connectivity index (χ3v) is 5.96. The summed E-state index contributed by atoms with van der Waals surface area (Å²) in [5.74, 6) is -0.321. The van der Waals surface area contributed by atoms with Gasteiger partial charge < -0.3 is 9.64 Å². The molecule has 0 radical (unpaired) electrons. The molecule has 0 N–H and O–H groups in total. The smallest absolute Gasteiger partial charge is 0.313 e. The largest absolute Gasteiger partial charge is 0.459 e. The van der Waals surface area contributed by atoms with E-state index in [4.69, 9.17) is 4.74 Å². The van der Waals surface area contributed by atoms with Gasteiger partial charge in [0.05, 0.1) is 5.92 Å².